The standard InChI is InChI=1S/C16H19NO3/c1-13-4-2-5-14(10-13)11-17(8-7-16(18)19)12-15-6-3-9-20-15/h2-6,9-10H,7-8,11-12H2,1H3,(H,18,19). The lowest BCUT2D eigenvalue weighted by Gasteiger charge is -2.20. The van der Waals surface area contributed by atoms with E-state index >= 15 is 0 Å². The number of aryl methyl sites for hydroxylation is 1. The number of rotatable bonds is 7. The second-order valence-corrected chi connectivity index (χ2v) is 4.92. The van der Waals surface area contributed by atoms with Gasteiger partial charge in [0.25, 0.3) is 0 Å². The summed E-state index contributed by atoms with van der Waals surface area (Å²) in [7, 11) is 0. The molecule has 2 rings (SSSR count). The summed E-state index contributed by atoms with van der Waals surface area (Å²) in [6.07, 6.45) is 1.77. The molecule has 0 amide bonds. The van der Waals surface area contributed by atoms with Crippen LogP contribution in [0.2, 0.25) is 0 Å². The molecule has 1 heterocycles. The van der Waals surface area contributed by atoms with Crippen molar-refractivity contribution in [2.45, 2.75) is 26.4 Å². The van der Waals surface area contributed by atoms with Crippen LogP contribution in [0, 0.1) is 6.92 Å². The molecule has 0 aliphatic carbocycles. The van der Waals surface area contributed by atoms with E-state index in [4.69, 9.17) is 9.52 Å². The van der Waals surface area contributed by atoms with Crippen LogP contribution >= 0.6 is 0 Å². The van der Waals surface area contributed by atoms with Crippen molar-refractivity contribution in [1.29, 1.82) is 0 Å². The Bertz CT molecular complexity index is 549. The fourth-order valence-corrected chi connectivity index (χ4v) is 2.16. The first kappa shape index (κ1) is 14.3. The average molecular weight is 273 g/mol. The van der Waals surface area contributed by atoms with Crippen LogP contribution in [-0.4, -0.2) is 22.5 Å². The highest BCUT2D eigenvalue weighted by Gasteiger charge is 2.11. The van der Waals surface area contributed by atoms with Gasteiger partial charge < -0.3 is 9.52 Å². The number of hydrogen-bond donors (Lipinski definition) is 1. The average Bonchev–Trinajstić information content (AvgIpc) is 2.89. The molecule has 0 bridgehead atoms. The molecule has 0 atom stereocenters. The van der Waals surface area contributed by atoms with Crippen LogP contribution in [0.4, 0.5) is 0 Å². The first-order chi connectivity index (χ1) is 9.63. The molecule has 1 aromatic heterocycles. The van der Waals surface area contributed by atoms with Crippen LogP contribution in [0.25, 0.3) is 0 Å². The Balaban J connectivity index is 2.03. The van der Waals surface area contributed by atoms with Crippen molar-refractivity contribution in [2.75, 3.05) is 6.54 Å². The van der Waals surface area contributed by atoms with E-state index in [0.29, 0.717) is 13.1 Å². The molecule has 4 heteroatoms. The number of carboxylic acids is 1. The third-order valence-corrected chi connectivity index (χ3v) is 3.09. The van der Waals surface area contributed by atoms with Crippen molar-refractivity contribution >= 4 is 5.97 Å². The molecule has 0 radical (unpaired) electrons. The van der Waals surface area contributed by atoms with Gasteiger partial charge in [0, 0.05) is 13.1 Å². The van der Waals surface area contributed by atoms with Crippen LogP contribution in [0.5, 0.6) is 0 Å². The Morgan fingerprint density at radius 1 is 1.25 bits per heavy atom. The Morgan fingerprint density at radius 3 is 2.75 bits per heavy atom. The highest BCUT2D eigenvalue weighted by Crippen LogP contribution is 2.12. The van der Waals surface area contributed by atoms with Crippen molar-refractivity contribution in [3.05, 3.63) is 59.5 Å². The van der Waals surface area contributed by atoms with Gasteiger partial charge in [0.2, 0.25) is 0 Å². The van der Waals surface area contributed by atoms with E-state index < -0.39 is 5.97 Å². The van der Waals surface area contributed by atoms with Gasteiger partial charge in [-0.2, -0.15) is 0 Å². The highest BCUT2D eigenvalue weighted by atomic mass is 16.4. The van der Waals surface area contributed by atoms with Gasteiger partial charge in [-0.25, -0.2) is 0 Å². The molecular formula is C16H19NO3. The monoisotopic (exact) mass is 273 g/mol. The zero-order valence-corrected chi connectivity index (χ0v) is 11.6. The van der Waals surface area contributed by atoms with Gasteiger partial charge in [0.15, 0.2) is 0 Å². The highest BCUT2D eigenvalue weighted by molar-refractivity contribution is 5.66. The fourth-order valence-electron chi connectivity index (χ4n) is 2.16. The molecule has 20 heavy (non-hydrogen) atoms. The minimum atomic E-state index is -0.779. The topological polar surface area (TPSA) is 53.7 Å². The minimum Gasteiger partial charge on any atom is -0.481 e. The molecule has 0 fully saturated rings. The van der Waals surface area contributed by atoms with Gasteiger partial charge in [0.05, 0.1) is 19.2 Å². The Kier molecular flexibility index (Phi) is 4.96. The number of carbonyl (C=O) groups is 1. The molecule has 0 aliphatic heterocycles. The van der Waals surface area contributed by atoms with E-state index in [1.54, 1.807) is 6.26 Å². The van der Waals surface area contributed by atoms with Crippen LogP contribution in [0.1, 0.15) is 23.3 Å². The van der Waals surface area contributed by atoms with Crippen molar-refractivity contribution in [1.82, 2.24) is 4.90 Å². The van der Waals surface area contributed by atoms with Crippen LogP contribution in [0.15, 0.2) is 47.1 Å². The summed E-state index contributed by atoms with van der Waals surface area (Å²) in [4.78, 5) is 12.8. The van der Waals surface area contributed by atoms with Gasteiger partial charge in [-0.05, 0) is 24.6 Å². The maximum absolute atomic E-state index is 10.8. The molecule has 0 unspecified atom stereocenters. The predicted molar refractivity (Wildman–Crippen MR) is 76.3 cm³/mol. The normalized spacial score (nSPS) is 10.9. The van der Waals surface area contributed by atoms with Crippen LogP contribution in [-0.2, 0) is 17.9 Å². The summed E-state index contributed by atoms with van der Waals surface area (Å²) < 4.78 is 5.34. The second-order valence-electron chi connectivity index (χ2n) is 4.92. The third kappa shape index (κ3) is 4.55. The minimum absolute atomic E-state index is 0.131. The quantitative estimate of drug-likeness (QED) is 0.842. The predicted octanol–water partition coefficient (Wildman–Crippen LogP) is 3.06. The number of hydrogen-bond acceptors (Lipinski definition) is 3. The van der Waals surface area contributed by atoms with E-state index in [1.165, 1.54) is 11.1 Å². The number of nitrogens with zero attached hydrogens (tertiary/aromatic N) is 1. The Labute approximate surface area is 118 Å². The molecule has 1 aromatic carbocycles. The van der Waals surface area contributed by atoms with Crippen LogP contribution in [0.3, 0.4) is 0 Å². The summed E-state index contributed by atoms with van der Waals surface area (Å²) >= 11 is 0. The largest absolute Gasteiger partial charge is 0.481 e. The third-order valence-electron chi connectivity index (χ3n) is 3.09. The van der Waals surface area contributed by atoms with Gasteiger partial charge in [-0.1, -0.05) is 29.8 Å². The molecule has 0 spiro atoms. The molecule has 0 saturated heterocycles. The van der Waals surface area contributed by atoms with E-state index in [1.807, 2.05) is 18.2 Å². The number of carboxylic acid groups (broad SMARTS) is 1. The summed E-state index contributed by atoms with van der Waals surface area (Å²) in [5.74, 6) is 0.0710. The summed E-state index contributed by atoms with van der Waals surface area (Å²) in [5.41, 5.74) is 2.39. The maximum atomic E-state index is 10.8. The zero-order chi connectivity index (χ0) is 14.4. The first-order valence-corrected chi connectivity index (χ1v) is 6.65. The fraction of sp³-hybridized carbons (Fsp3) is 0.312. The molecule has 106 valence electrons. The van der Waals surface area contributed by atoms with Crippen molar-refractivity contribution < 1.29 is 14.3 Å². The van der Waals surface area contributed by atoms with Crippen molar-refractivity contribution in [3.63, 3.8) is 0 Å². The van der Waals surface area contributed by atoms with E-state index in [-0.39, 0.29) is 6.42 Å². The van der Waals surface area contributed by atoms with E-state index in [9.17, 15) is 4.79 Å². The van der Waals surface area contributed by atoms with E-state index in [2.05, 4.69) is 30.0 Å². The van der Waals surface area contributed by atoms with Gasteiger partial charge >= 0.3 is 5.97 Å². The number of aliphatic carboxylic acids is 1. The molecule has 4 nitrogen and oxygen atoms in total. The second kappa shape index (κ2) is 6.91. The zero-order valence-electron chi connectivity index (χ0n) is 11.6. The summed E-state index contributed by atoms with van der Waals surface area (Å²) in [6, 6.07) is 12.0. The Hall–Kier alpha value is -2.07. The molecular weight excluding hydrogens is 254 g/mol. The van der Waals surface area contributed by atoms with Crippen molar-refractivity contribution in [2.24, 2.45) is 0 Å². The Morgan fingerprint density at radius 2 is 2.10 bits per heavy atom. The molecule has 0 aliphatic rings. The van der Waals surface area contributed by atoms with Gasteiger partial charge in [-0.3, -0.25) is 9.69 Å². The summed E-state index contributed by atoms with van der Waals surface area (Å²) in [6.45, 7) is 3.89. The van der Waals surface area contributed by atoms with Gasteiger partial charge in [0.1, 0.15) is 5.76 Å². The van der Waals surface area contributed by atoms with Crippen molar-refractivity contribution in [3.8, 4) is 0 Å². The SMILES string of the molecule is Cc1cccc(CN(CCC(=O)O)Cc2ccco2)c1. The molecule has 2 aromatic rings. The van der Waals surface area contributed by atoms with Gasteiger partial charge in [-0.15, -0.1) is 0 Å². The lowest BCUT2D eigenvalue weighted by atomic mass is 10.1. The summed E-state index contributed by atoms with van der Waals surface area (Å²) in [5, 5.41) is 8.85. The first-order valence-electron chi connectivity index (χ1n) is 6.65. The molecule has 0 saturated carbocycles. The lowest BCUT2D eigenvalue weighted by Crippen LogP contribution is -2.25. The number of benzene rings is 1. The lowest BCUT2D eigenvalue weighted by molar-refractivity contribution is -0.137. The maximum Gasteiger partial charge on any atom is 0.304 e. The molecule has 1 N–H and O–H groups in total. The van der Waals surface area contributed by atoms with Crippen LogP contribution < -0.4 is 0 Å². The smallest absolute Gasteiger partial charge is 0.304 e. The number of furan rings is 1. The van der Waals surface area contributed by atoms with E-state index in [0.717, 1.165) is 12.3 Å².